The van der Waals surface area contributed by atoms with E-state index in [2.05, 4.69) is 31.9 Å². The summed E-state index contributed by atoms with van der Waals surface area (Å²) in [4.78, 5) is 0. The van der Waals surface area contributed by atoms with Gasteiger partial charge in [-0.25, -0.2) is 4.39 Å². The van der Waals surface area contributed by atoms with Crippen LogP contribution in [0.1, 0.15) is 22.7 Å². The molecule has 0 aliphatic heterocycles. The summed E-state index contributed by atoms with van der Waals surface area (Å²) in [5.74, 6) is -0.229. The van der Waals surface area contributed by atoms with Gasteiger partial charge in [0, 0.05) is 15.0 Å². The number of hydrogen-bond acceptors (Lipinski definition) is 1. The molecule has 2 N–H and O–H groups in total. The number of halogens is 3. The van der Waals surface area contributed by atoms with Crippen LogP contribution >= 0.6 is 31.9 Å². The van der Waals surface area contributed by atoms with Crippen LogP contribution in [0, 0.1) is 12.7 Å². The van der Waals surface area contributed by atoms with Crippen molar-refractivity contribution in [3.63, 3.8) is 0 Å². The van der Waals surface area contributed by atoms with Crippen molar-refractivity contribution < 1.29 is 4.39 Å². The van der Waals surface area contributed by atoms with E-state index in [1.165, 1.54) is 6.07 Å². The van der Waals surface area contributed by atoms with Crippen molar-refractivity contribution in [2.75, 3.05) is 0 Å². The Morgan fingerprint density at radius 1 is 1.16 bits per heavy atom. The average Bonchev–Trinajstić information content (AvgIpc) is 2.32. The quantitative estimate of drug-likeness (QED) is 0.797. The van der Waals surface area contributed by atoms with Crippen molar-refractivity contribution in [3.8, 4) is 0 Å². The van der Waals surface area contributed by atoms with Gasteiger partial charge in [0.1, 0.15) is 5.82 Å². The summed E-state index contributed by atoms with van der Waals surface area (Å²) >= 11 is 6.76. The normalized spacial score (nSPS) is 12.5. The van der Waals surface area contributed by atoms with Crippen LogP contribution in [-0.2, 0) is 6.42 Å². The summed E-state index contributed by atoms with van der Waals surface area (Å²) in [6.45, 7) is 2.02. The molecule has 100 valence electrons. The zero-order valence-electron chi connectivity index (χ0n) is 10.5. The van der Waals surface area contributed by atoms with Gasteiger partial charge in [0.15, 0.2) is 0 Å². The first-order chi connectivity index (χ1) is 8.97. The molecule has 4 heteroatoms. The van der Waals surface area contributed by atoms with Crippen LogP contribution in [0.3, 0.4) is 0 Å². The third kappa shape index (κ3) is 3.65. The molecule has 0 aliphatic rings. The minimum atomic E-state index is -0.231. The Labute approximate surface area is 129 Å². The summed E-state index contributed by atoms with van der Waals surface area (Å²) in [5.41, 5.74) is 8.96. The molecule has 0 aromatic heterocycles. The van der Waals surface area contributed by atoms with Crippen LogP contribution in [0.2, 0.25) is 0 Å². The molecular weight excluding hydrogens is 373 g/mol. The van der Waals surface area contributed by atoms with Gasteiger partial charge in [0.05, 0.1) is 0 Å². The molecule has 2 aromatic carbocycles. The number of hydrogen-bond donors (Lipinski definition) is 1. The van der Waals surface area contributed by atoms with Crippen LogP contribution in [0.5, 0.6) is 0 Å². The molecule has 0 radical (unpaired) electrons. The maximum Gasteiger partial charge on any atom is 0.127 e. The zero-order chi connectivity index (χ0) is 14.0. The highest BCUT2D eigenvalue weighted by atomic mass is 79.9. The van der Waals surface area contributed by atoms with Gasteiger partial charge < -0.3 is 5.73 Å². The van der Waals surface area contributed by atoms with Crippen molar-refractivity contribution in [3.05, 3.63) is 67.9 Å². The fourth-order valence-corrected chi connectivity index (χ4v) is 3.09. The molecule has 19 heavy (non-hydrogen) atoms. The van der Waals surface area contributed by atoms with Crippen LogP contribution in [0.25, 0.3) is 0 Å². The monoisotopic (exact) mass is 385 g/mol. The number of aryl methyl sites for hydroxylation is 1. The second-order valence-electron chi connectivity index (χ2n) is 4.57. The van der Waals surface area contributed by atoms with E-state index >= 15 is 0 Å². The predicted octanol–water partition coefficient (Wildman–Crippen LogP) is 4.90. The standard InChI is InChI=1S/C15H14Br2FN/c1-9-2-5-12(13(17)6-9)15(19)7-10-3-4-11(16)8-14(10)18/h2-6,8,15H,7,19H2,1H3. The van der Waals surface area contributed by atoms with Gasteiger partial charge in [-0.1, -0.05) is 50.1 Å². The first kappa shape index (κ1) is 14.7. The molecule has 0 bridgehead atoms. The van der Waals surface area contributed by atoms with Gasteiger partial charge in [-0.3, -0.25) is 0 Å². The van der Waals surface area contributed by atoms with E-state index in [1.807, 2.05) is 31.2 Å². The van der Waals surface area contributed by atoms with Gasteiger partial charge in [-0.05, 0) is 48.2 Å². The van der Waals surface area contributed by atoms with E-state index in [0.717, 1.165) is 20.1 Å². The number of rotatable bonds is 3. The molecule has 1 nitrogen and oxygen atoms in total. The third-order valence-electron chi connectivity index (χ3n) is 3.01. The highest BCUT2D eigenvalue weighted by molar-refractivity contribution is 9.10. The topological polar surface area (TPSA) is 26.0 Å². The van der Waals surface area contributed by atoms with Crippen molar-refractivity contribution in [2.24, 2.45) is 5.73 Å². The fourth-order valence-electron chi connectivity index (χ4n) is 1.97. The molecular formula is C15H14Br2FN. The summed E-state index contributed by atoms with van der Waals surface area (Å²) in [6, 6.07) is 10.8. The minimum Gasteiger partial charge on any atom is -0.324 e. The maximum absolute atomic E-state index is 13.8. The highest BCUT2D eigenvalue weighted by Crippen LogP contribution is 2.27. The molecule has 0 aliphatic carbocycles. The van der Waals surface area contributed by atoms with Crippen LogP contribution in [-0.4, -0.2) is 0 Å². The van der Waals surface area contributed by atoms with Crippen molar-refractivity contribution >= 4 is 31.9 Å². The smallest absolute Gasteiger partial charge is 0.127 e. The van der Waals surface area contributed by atoms with E-state index in [9.17, 15) is 4.39 Å². The van der Waals surface area contributed by atoms with Gasteiger partial charge in [-0.2, -0.15) is 0 Å². The lowest BCUT2D eigenvalue weighted by molar-refractivity contribution is 0.592. The second-order valence-corrected chi connectivity index (χ2v) is 6.34. The van der Waals surface area contributed by atoms with E-state index in [0.29, 0.717) is 12.0 Å². The SMILES string of the molecule is Cc1ccc(C(N)Cc2ccc(Br)cc2F)c(Br)c1. The maximum atomic E-state index is 13.8. The van der Waals surface area contributed by atoms with Gasteiger partial charge in [0.2, 0.25) is 0 Å². The Kier molecular flexibility index (Phi) is 4.76. The van der Waals surface area contributed by atoms with Crippen LogP contribution in [0.4, 0.5) is 4.39 Å². The van der Waals surface area contributed by atoms with Crippen molar-refractivity contribution in [1.29, 1.82) is 0 Å². The minimum absolute atomic E-state index is 0.229. The average molecular weight is 387 g/mol. The fraction of sp³-hybridized carbons (Fsp3) is 0.200. The van der Waals surface area contributed by atoms with E-state index < -0.39 is 0 Å². The van der Waals surface area contributed by atoms with Crippen LogP contribution in [0.15, 0.2) is 45.3 Å². The first-order valence-corrected chi connectivity index (χ1v) is 7.51. The van der Waals surface area contributed by atoms with Crippen molar-refractivity contribution in [1.82, 2.24) is 0 Å². The molecule has 0 spiro atoms. The molecule has 0 fully saturated rings. The Balaban J connectivity index is 2.23. The lowest BCUT2D eigenvalue weighted by Gasteiger charge is -2.15. The largest absolute Gasteiger partial charge is 0.324 e. The lowest BCUT2D eigenvalue weighted by atomic mass is 9.98. The summed E-state index contributed by atoms with van der Waals surface area (Å²) in [7, 11) is 0. The molecule has 0 saturated carbocycles. The van der Waals surface area contributed by atoms with Crippen LogP contribution < -0.4 is 5.73 Å². The third-order valence-corrected chi connectivity index (χ3v) is 4.19. The molecule has 2 rings (SSSR count). The predicted molar refractivity (Wildman–Crippen MR) is 83.6 cm³/mol. The first-order valence-electron chi connectivity index (χ1n) is 5.93. The summed E-state index contributed by atoms with van der Waals surface area (Å²) < 4.78 is 15.5. The Morgan fingerprint density at radius 2 is 1.89 bits per heavy atom. The van der Waals surface area contributed by atoms with Gasteiger partial charge in [-0.15, -0.1) is 0 Å². The Hall–Kier alpha value is -0.710. The van der Waals surface area contributed by atoms with E-state index in [-0.39, 0.29) is 11.9 Å². The molecule has 0 amide bonds. The van der Waals surface area contributed by atoms with Gasteiger partial charge >= 0.3 is 0 Å². The number of nitrogens with two attached hydrogens (primary N) is 1. The molecule has 0 saturated heterocycles. The highest BCUT2D eigenvalue weighted by Gasteiger charge is 2.13. The Morgan fingerprint density at radius 3 is 2.53 bits per heavy atom. The molecule has 2 aromatic rings. The summed E-state index contributed by atoms with van der Waals surface area (Å²) in [5, 5.41) is 0. The van der Waals surface area contributed by atoms with E-state index in [1.54, 1.807) is 6.07 Å². The van der Waals surface area contributed by atoms with Gasteiger partial charge in [0.25, 0.3) is 0 Å². The van der Waals surface area contributed by atoms with E-state index in [4.69, 9.17) is 5.73 Å². The zero-order valence-corrected chi connectivity index (χ0v) is 13.6. The lowest BCUT2D eigenvalue weighted by Crippen LogP contribution is -2.14. The molecule has 1 atom stereocenters. The second kappa shape index (κ2) is 6.16. The molecule has 1 unspecified atom stereocenters. The molecule has 0 heterocycles. The van der Waals surface area contributed by atoms with Crippen molar-refractivity contribution in [2.45, 2.75) is 19.4 Å². The Bertz CT molecular complexity index is 599. The number of benzene rings is 2. The summed E-state index contributed by atoms with van der Waals surface area (Å²) in [6.07, 6.45) is 0.473.